The van der Waals surface area contributed by atoms with Crippen molar-refractivity contribution in [3.8, 4) is 5.88 Å². The van der Waals surface area contributed by atoms with Gasteiger partial charge in [-0.3, -0.25) is 9.59 Å². The molecule has 2 amide bonds. The molecule has 0 aliphatic rings. The van der Waals surface area contributed by atoms with Gasteiger partial charge < -0.3 is 15.4 Å². The average molecular weight is 375 g/mol. The molecule has 0 saturated carbocycles. The van der Waals surface area contributed by atoms with E-state index in [1.165, 1.54) is 0 Å². The molecule has 28 heavy (non-hydrogen) atoms. The van der Waals surface area contributed by atoms with E-state index in [1.807, 2.05) is 31.2 Å². The SMILES string of the molecule is CCOc1ncccc1CNC(=O)c1ccc(NC(=O)c2ccccc2)cc1. The maximum absolute atomic E-state index is 12.4. The molecule has 6 nitrogen and oxygen atoms in total. The summed E-state index contributed by atoms with van der Waals surface area (Å²) in [4.78, 5) is 28.7. The number of rotatable bonds is 7. The monoisotopic (exact) mass is 375 g/mol. The standard InChI is InChI=1S/C22H21N3O3/c1-2-28-22-18(9-6-14-23-22)15-24-20(26)17-10-12-19(13-11-17)25-21(27)16-7-4-3-5-8-16/h3-14H,2,15H2,1H3,(H,24,26)(H,25,27). The van der Waals surface area contributed by atoms with Gasteiger partial charge in [0.15, 0.2) is 0 Å². The minimum atomic E-state index is -0.216. The molecule has 1 heterocycles. The van der Waals surface area contributed by atoms with Gasteiger partial charge in [0.1, 0.15) is 0 Å². The number of hydrogen-bond donors (Lipinski definition) is 2. The Bertz CT molecular complexity index is 941. The van der Waals surface area contributed by atoms with Crippen LogP contribution < -0.4 is 15.4 Å². The molecule has 0 bridgehead atoms. The van der Waals surface area contributed by atoms with Crippen LogP contribution in [0.25, 0.3) is 0 Å². The normalized spacial score (nSPS) is 10.2. The first-order chi connectivity index (χ1) is 13.7. The zero-order valence-electron chi connectivity index (χ0n) is 15.5. The number of aromatic nitrogens is 1. The molecular formula is C22H21N3O3. The highest BCUT2D eigenvalue weighted by Crippen LogP contribution is 2.15. The van der Waals surface area contributed by atoms with Crippen molar-refractivity contribution in [3.63, 3.8) is 0 Å². The molecule has 0 aliphatic heterocycles. The van der Waals surface area contributed by atoms with Gasteiger partial charge in [-0.25, -0.2) is 4.98 Å². The van der Waals surface area contributed by atoms with Crippen molar-refractivity contribution in [3.05, 3.63) is 89.6 Å². The quantitative estimate of drug-likeness (QED) is 0.660. The van der Waals surface area contributed by atoms with Crippen molar-refractivity contribution < 1.29 is 14.3 Å². The van der Waals surface area contributed by atoms with Crippen LogP contribution in [0.5, 0.6) is 5.88 Å². The number of nitrogens with zero attached hydrogens (tertiary/aromatic N) is 1. The predicted octanol–water partition coefficient (Wildman–Crippen LogP) is 3.66. The van der Waals surface area contributed by atoms with E-state index < -0.39 is 0 Å². The van der Waals surface area contributed by atoms with E-state index >= 15 is 0 Å². The van der Waals surface area contributed by atoms with Crippen molar-refractivity contribution in [2.24, 2.45) is 0 Å². The third-order valence-electron chi connectivity index (χ3n) is 4.01. The third kappa shape index (κ3) is 4.94. The molecule has 6 heteroatoms. The first kappa shape index (κ1) is 19.1. The highest BCUT2D eigenvalue weighted by Gasteiger charge is 2.10. The van der Waals surface area contributed by atoms with Crippen molar-refractivity contribution >= 4 is 17.5 Å². The Labute approximate surface area is 163 Å². The lowest BCUT2D eigenvalue weighted by Crippen LogP contribution is -2.23. The summed E-state index contributed by atoms with van der Waals surface area (Å²) >= 11 is 0. The van der Waals surface area contributed by atoms with E-state index in [9.17, 15) is 9.59 Å². The van der Waals surface area contributed by atoms with Crippen LogP contribution in [0.15, 0.2) is 72.9 Å². The highest BCUT2D eigenvalue weighted by molar-refractivity contribution is 6.04. The summed E-state index contributed by atoms with van der Waals surface area (Å²) in [5.41, 5.74) is 2.51. The Balaban J connectivity index is 1.59. The second kappa shape index (κ2) is 9.32. The van der Waals surface area contributed by atoms with Gasteiger partial charge in [0.05, 0.1) is 6.61 Å². The molecule has 0 radical (unpaired) electrons. The van der Waals surface area contributed by atoms with E-state index in [4.69, 9.17) is 4.74 Å². The molecule has 0 aliphatic carbocycles. The topological polar surface area (TPSA) is 80.3 Å². The fourth-order valence-electron chi connectivity index (χ4n) is 2.60. The molecule has 142 valence electrons. The molecule has 2 aromatic carbocycles. The average Bonchev–Trinajstić information content (AvgIpc) is 2.74. The smallest absolute Gasteiger partial charge is 0.255 e. The van der Waals surface area contributed by atoms with Crippen LogP contribution in [0.2, 0.25) is 0 Å². The van der Waals surface area contributed by atoms with Crippen LogP contribution in [-0.2, 0) is 6.54 Å². The summed E-state index contributed by atoms with van der Waals surface area (Å²) in [6.45, 7) is 2.71. The van der Waals surface area contributed by atoms with Crippen LogP contribution in [0.1, 0.15) is 33.2 Å². The Morgan fingerprint density at radius 2 is 1.61 bits per heavy atom. The minimum Gasteiger partial charge on any atom is -0.478 e. The van der Waals surface area contributed by atoms with Crippen molar-refractivity contribution in [2.45, 2.75) is 13.5 Å². The lowest BCUT2D eigenvalue weighted by molar-refractivity contribution is 0.0950. The molecule has 3 rings (SSSR count). The van der Waals surface area contributed by atoms with Gasteiger partial charge in [-0.2, -0.15) is 0 Å². The van der Waals surface area contributed by atoms with Gasteiger partial charge in [-0.1, -0.05) is 24.3 Å². The molecule has 0 unspecified atom stereocenters. The first-order valence-electron chi connectivity index (χ1n) is 8.98. The van der Waals surface area contributed by atoms with Crippen molar-refractivity contribution in [2.75, 3.05) is 11.9 Å². The summed E-state index contributed by atoms with van der Waals surface area (Å²) in [5.74, 6) is 0.106. The maximum Gasteiger partial charge on any atom is 0.255 e. The van der Waals surface area contributed by atoms with E-state index in [0.717, 1.165) is 5.56 Å². The van der Waals surface area contributed by atoms with Crippen LogP contribution >= 0.6 is 0 Å². The van der Waals surface area contributed by atoms with Crippen molar-refractivity contribution in [1.82, 2.24) is 10.3 Å². The van der Waals surface area contributed by atoms with Crippen molar-refractivity contribution in [1.29, 1.82) is 0 Å². The lowest BCUT2D eigenvalue weighted by Gasteiger charge is -2.10. The third-order valence-corrected chi connectivity index (χ3v) is 4.01. The van der Waals surface area contributed by atoms with Crippen LogP contribution in [0.4, 0.5) is 5.69 Å². The second-order valence-electron chi connectivity index (χ2n) is 5.98. The zero-order chi connectivity index (χ0) is 19.8. The zero-order valence-corrected chi connectivity index (χ0v) is 15.5. The summed E-state index contributed by atoms with van der Waals surface area (Å²) in [6, 6.07) is 19.4. The number of amides is 2. The predicted molar refractivity (Wildman–Crippen MR) is 107 cm³/mol. The summed E-state index contributed by atoms with van der Waals surface area (Å²) in [7, 11) is 0. The molecule has 0 saturated heterocycles. The van der Waals surface area contributed by atoms with Gasteiger partial charge in [0.25, 0.3) is 11.8 Å². The summed E-state index contributed by atoms with van der Waals surface area (Å²) in [6.07, 6.45) is 1.65. The number of benzene rings is 2. The Kier molecular flexibility index (Phi) is 6.36. The maximum atomic E-state index is 12.4. The van der Waals surface area contributed by atoms with Gasteiger partial charge in [0, 0.05) is 35.1 Å². The molecule has 1 aromatic heterocycles. The van der Waals surface area contributed by atoms with E-state index in [1.54, 1.807) is 48.7 Å². The van der Waals surface area contributed by atoms with Crippen LogP contribution in [-0.4, -0.2) is 23.4 Å². The first-order valence-corrected chi connectivity index (χ1v) is 8.98. The number of nitrogens with one attached hydrogen (secondary N) is 2. The van der Waals surface area contributed by atoms with E-state index in [2.05, 4.69) is 15.6 Å². The van der Waals surface area contributed by atoms with Gasteiger partial charge >= 0.3 is 0 Å². The summed E-state index contributed by atoms with van der Waals surface area (Å²) in [5, 5.41) is 5.66. The van der Waals surface area contributed by atoms with Crippen LogP contribution in [0.3, 0.4) is 0 Å². The number of pyridine rings is 1. The number of carbonyl (C=O) groups excluding carboxylic acids is 2. The minimum absolute atomic E-state index is 0.196. The van der Waals surface area contributed by atoms with E-state index in [0.29, 0.717) is 35.8 Å². The summed E-state index contributed by atoms with van der Waals surface area (Å²) < 4.78 is 5.46. The highest BCUT2D eigenvalue weighted by atomic mass is 16.5. The second-order valence-corrected chi connectivity index (χ2v) is 5.98. The Hall–Kier alpha value is -3.67. The lowest BCUT2D eigenvalue weighted by atomic mass is 10.1. The largest absolute Gasteiger partial charge is 0.478 e. The van der Waals surface area contributed by atoms with Gasteiger partial charge in [-0.05, 0) is 49.4 Å². The number of hydrogen-bond acceptors (Lipinski definition) is 4. The molecule has 0 fully saturated rings. The number of anilines is 1. The molecule has 0 spiro atoms. The van der Waals surface area contributed by atoms with Gasteiger partial charge in [-0.15, -0.1) is 0 Å². The molecule has 0 atom stereocenters. The molecule has 2 N–H and O–H groups in total. The van der Waals surface area contributed by atoms with E-state index in [-0.39, 0.29) is 11.8 Å². The Morgan fingerprint density at radius 1 is 0.893 bits per heavy atom. The van der Waals surface area contributed by atoms with Gasteiger partial charge in [0.2, 0.25) is 5.88 Å². The molecular weight excluding hydrogens is 354 g/mol. The number of ether oxygens (including phenoxy) is 1. The fraction of sp³-hybridized carbons (Fsp3) is 0.136. The Morgan fingerprint density at radius 3 is 2.32 bits per heavy atom. The van der Waals surface area contributed by atoms with Crippen LogP contribution in [0, 0.1) is 0 Å². The number of carbonyl (C=O) groups is 2. The molecule has 3 aromatic rings. The fourth-order valence-corrected chi connectivity index (χ4v) is 2.60.